The number of aliphatic hydroxyl groups excluding tert-OH is 2. The minimum absolute atomic E-state index is 0.0544. The molecule has 10 unspecified atom stereocenters. The minimum Gasteiger partial charge on any atom is -0.390 e. The van der Waals surface area contributed by atoms with Crippen molar-refractivity contribution in [3.63, 3.8) is 0 Å². The first-order chi connectivity index (χ1) is 12.9. The molecule has 7 aliphatic rings. The second kappa shape index (κ2) is 4.95. The number of hydrogen-bond acceptors (Lipinski definition) is 7. The first-order valence-electron chi connectivity index (χ1n) is 9.59. The summed E-state index contributed by atoms with van der Waals surface area (Å²) in [6, 6.07) is 0. The van der Waals surface area contributed by atoms with Gasteiger partial charge in [-0.3, -0.25) is 29.8 Å². The Labute approximate surface area is 153 Å². The standard InChI is InChI=1S/C9H11NO4.C9H9NO3/c11-6-2-1-3(7(6)12)5-4(2)8(13)10-9(5)14;11-8-4-2-1-3(7-6(2)13-7)5(4)9(12)10-8/h2-7,11-12H,1H2,(H,10,13,14);2-7H,1H2,(H,10,11,12)/t2*2?,3?,4?,5?,6-,7?/m00/s1. The van der Waals surface area contributed by atoms with Gasteiger partial charge in [0.2, 0.25) is 23.6 Å². The van der Waals surface area contributed by atoms with Gasteiger partial charge in [-0.1, -0.05) is 0 Å². The van der Waals surface area contributed by atoms with Gasteiger partial charge in [-0.05, 0) is 12.8 Å². The van der Waals surface area contributed by atoms with Crippen LogP contribution < -0.4 is 10.6 Å². The van der Waals surface area contributed by atoms with Crippen molar-refractivity contribution in [2.45, 2.75) is 37.3 Å². The van der Waals surface area contributed by atoms with Crippen LogP contribution in [0.25, 0.3) is 0 Å². The molecule has 4 saturated carbocycles. The highest BCUT2D eigenvalue weighted by Crippen LogP contribution is 2.62. The van der Waals surface area contributed by atoms with Gasteiger partial charge in [-0.25, -0.2) is 0 Å². The Bertz CT molecular complexity index is 739. The van der Waals surface area contributed by atoms with Crippen molar-refractivity contribution in [1.29, 1.82) is 0 Å². The van der Waals surface area contributed by atoms with Crippen LogP contribution in [0.4, 0.5) is 0 Å². The van der Waals surface area contributed by atoms with E-state index in [1.54, 1.807) is 0 Å². The summed E-state index contributed by atoms with van der Waals surface area (Å²) < 4.78 is 5.44. The first-order valence-corrected chi connectivity index (χ1v) is 9.59. The average Bonchev–Trinajstić information content (AvgIpc) is 3.04. The summed E-state index contributed by atoms with van der Waals surface area (Å²) in [4.78, 5) is 45.6. The Hall–Kier alpha value is -1.84. The number of carbonyl (C=O) groups is 4. The maximum atomic E-state index is 11.4. The molecule has 3 aliphatic heterocycles. The van der Waals surface area contributed by atoms with Gasteiger partial charge >= 0.3 is 0 Å². The van der Waals surface area contributed by atoms with Crippen LogP contribution in [-0.4, -0.2) is 58.3 Å². The third kappa shape index (κ3) is 1.85. The number of rotatable bonds is 0. The smallest absolute Gasteiger partial charge is 0.230 e. The first kappa shape index (κ1) is 16.1. The molecular formula is C18H20N2O7. The molecule has 4 aliphatic carbocycles. The van der Waals surface area contributed by atoms with Crippen LogP contribution in [-0.2, 0) is 23.9 Å². The van der Waals surface area contributed by atoms with E-state index in [2.05, 4.69) is 10.6 Å². The van der Waals surface area contributed by atoms with E-state index in [-0.39, 0.29) is 47.3 Å². The van der Waals surface area contributed by atoms with Crippen LogP contribution in [0.3, 0.4) is 0 Å². The van der Waals surface area contributed by atoms with Crippen LogP contribution in [0.5, 0.6) is 0 Å². The SMILES string of the molecule is O=C1NC(=O)C2C1C1CC2[C@@H]2OC12.O=C1NC(=O)C2C1C1CC2[C@H](O)C1O. The molecule has 4 amide bonds. The number of ether oxygens (including phenoxy) is 1. The molecule has 0 aromatic carbocycles. The molecule has 7 rings (SSSR count). The molecule has 4 bridgehead atoms. The lowest BCUT2D eigenvalue weighted by Gasteiger charge is -2.29. The fourth-order valence-electron chi connectivity index (χ4n) is 7.00. The lowest BCUT2D eigenvalue weighted by atomic mass is 9.78. The summed E-state index contributed by atoms with van der Waals surface area (Å²) in [7, 11) is 0. The third-order valence-corrected chi connectivity index (χ3v) is 8.04. The van der Waals surface area contributed by atoms with E-state index in [4.69, 9.17) is 4.74 Å². The highest BCUT2D eigenvalue weighted by Gasteiger charge is 2.72. The number of carbonyl (C=O) groups excluding carboxylic acids is 4. The molecular weight excluding hydrogens is 356 g/mol. The molecule has 12 atom stereocenters. The Morgan fingerprint density at radius 2 is 0.963 bits per heavy atom. The fourth-order valence-corrected chi connectivity index (χ4v) is 7.00. The van der Waals surface area contributed by atoms with E-state index in [9.17, 15) is 29.4 Å². The number of imide groups is 2. The van der Waals surface area contributed by atoms with Crippen LogP contribution in [0, 0.1) is 47.3 Å². The number of aliphatic hydroxyl groups is 2. The monoisotopic (exact) mass is 376 g/mol. The number of hydrogen-bond donors (Lipinski definition) is 4. The zero-order chi connectivity index (χ0) is 18.8. The average molecular weight is 376 g/mol. The minimum atomic E-state index is -0.835. The molecule has 7 fully saturated rings. The molecule has 0 aromatic heterocycles. The normalized spacial score (nSPS) is 57.7. The Morgan fingerprint density at radius 1 is 0.630 bits per heavy atom. The number of epoxide rings is 1. The van der Waals surface area contributed by atoms with Gasteiger partial charge < -0.3 is 14.9 Å². The summed E-state index contributed by atoms with van der Waals surface area (Å²) in [5, 5.41) is 23.9. The zero-order valence-corrected chi connectivity index (χ0v) is 14.3. The topological polar surface area (TPSA) is 145 Å². The van der Waals surface area contributed by atoms with E-state index in [0.717, 1.165) is 6.42 Å². The van der Waals surface area contributed by atoms with Crippen LogP contribution in [0.1, 0.15) is 12.8 Å². The molecule has 9 heteroatoms. The van der Waals surface area contributed by atoms with Gasteiger partial charge in [0.15, 0.2) is 0 Å². The molecule has 0 spiro atoms. The van der Waals surface area contributed by atoms with Gasteiger partial charge in [-0.15, -0.1) is 0 Å². The summed E-state index contributed by atoms with van der Waals surface area (Å²) in [5.74, 6) is -1.36. The van der Waals surface area contributed by atoms with Gasteiger partial charge in [0, 0.05) is 23.7 Å². The fraction of sp³-hybridized carbons (Fsp3) is 0.778. The second-order valence-electron chi connectivity index (χ2n) is 8.98. The van der Waals surface area contributed by atoms with E-state index >= 15 is 0 Å². The largest absolute Gasteiger partial charge is 0.390 e. The Kier molecular flexibility index (Phi) is 2.96. The van der Waals surface area contributed by atoms with Crippen molar-refractivity contribution in [2.24, 2.45) is 47.3 Å². The van der Waals surface area contributed by atoms with Crippen LogP contribution in [0.15, 0.2) is 0 Å². The highest BCUT2D eigenvalue weighted by molar-refractivity contribution is 6.06. The summed E-state index contributed by atoms with van der Waals surface area (Å²) in [6.07, 6.45) is 0.572. The van der Waals surface area contributed by atoms with Crippen molar-refractivity contribution in [1.82, 2.24) is 10.6 Å². The molecule has 4 N–H and O–H groups in total. The van der Waals surface area contributed by atoms with Gasteiger partial charge in [0.1, 0.15) is 0 Å². The number of nitrogens with one attached hydrogen (secondary N) is 2. The van der Waals surface area contributed by atoms with Crippen LogP contribution >= 0.6 is 0 Å². The highest BCUT2D eigenvalue weighted by atomic mass is 16.6. The lowest BCUT2D eigenvalue weighted by Crippen LogP contribution is -2.43. The van der Waals surface area contributed by atoms with Gasteiger partial charge in [0.05, 0.1) is 48.1 Å². The molecule has 3 saturated heterocycles. The number of fused-ring (bicyclic) bond motifs is 13. The van der Waals surface area contributed by atoms with Gasteiger partial charge in [-0.2, -0.15) is 0 Å². The van der Waals surface area contributed by atoms with E-state index in [1.165, 1.54) is 0 Å². The predicted octanol–water partition coefficient (Wildman–Crippen LogP) is -2.46. The molecule has 0 radical (unpaired) electrons. The second-order valence-corrected chi connectivity index (χ2v) is 8.98. The predicted molar refractivity (Wildman–Crippen MR) is 84.1 cm³/mol. The summed E-state index contributed by atoms with van der Waals surface area (Å²) in [6.45, 7) is 0. The lowest BCUT2D eigenvalue weighted by molar-refractivity contribution is -0.129. The molecule has 0 aromatic rings. The zero-order valence-electron chi connectivity index (χ0n) is 14.3. The summed E-state index contributed by atoms with van der Waals surface area (Å²) >= 11 is 0. The molecule has 3 heterocycles. The van der Waals surface area contributed by atoms with Crippen LogP contribution in [0.2, 0.25) is 0 Å². The maximum absolute atomic E-state index is 11.4. The Morgan fingerprint density at radius 3 is 1.37 bits per heavy atom. The van der Waals surface area contributed by atoms with Crippen molar-refractivity contribution < 1.29 is 34.1 Å². The molecule has 144 valence electrons. The molecule has 27 heavy (non-hydrogen) atoms. The van der Waals surface area contributed by atoms with E-state index in [0.29, 0.717) is 30.5 Å². The van der Waals surface area contributed by atoms with Gasteiger partial charge in [0.25, 0.3) is 0 Å². The van der Waals surface area contributed by atoms with Crippen molar-refractivity contribution in [2.75, 3.05) is 0 Å². The number of amides is 4. The maximum Gasteiger partial charge on any atom is 0.230 e. The van der Waals surface area contributed by atoms with Crippen molar-refractivity contribution in [3.8, 4) is 0 Å². The van der Waals surface area contributed by atoms with E-state index < -0.39 is 24.0 Å². The van der Waals surface area contributed by atoms with Crippen molar-refractivity contribution in [3.05, 3.63) is 0 Å². The molecule has 9 nitrogen and oxygen atoms in total. The van der Waals surface area contributed by atoms with Crippen molar-refractivity contribution >= 4 is 23.6 Å². The quantitative estimate of drug-likeness (QED) is 0.271. The summed E-state index contributed by atoms with van der Waals surface area (Å²) in [5.41, 5.74) is 0. The Balaban J connectivity index is 0.000000109. The third-order valence-electron chi connectivity index (χ3n) is 8.04. The van der Waals surface area contributed by atoms with E-state index in [1.807, 2.05) is 0 Å².